The summed E-state index contributed by atoms with van der Waals surface area (Å²) in [7, 11) is 0. The Morgan fingerprint density at radius 3 is 2.81 bits per heavy atom. The maximum absolute atomic E-state index is 12.1. The van der Waals surface area contributed by atoms with Gasteiger partial charge in [-0.05, 0) is 37.1 Å². The third-order valence-electron chi connectivity index (χ3n) is 4.79. The molecule has 0 aromatic heterocycles. The number of hydrogen-bond acceptors (Lipinski definition) is 2. The maximum atomic E-state index is 12.1. The topological polar surface area (TPSA) is 32.3 Å². The number of hydrogen-bond donors (Lipinski definition) is 1. The third-order valence-corrected chi connectivity index (χ3v) is 4.79. The zero-order valence-electron chi connectivity index (χ0n) is 10.3. The van der Waals surface area contributed by atoms with Crippen molar-refractivity contribution in [2.24, 2.45) is 17.8 Å². The standard InChI is InChI=1S/C13H22N2O/c1-8(2)11-5-10-7-14-6-9-3-4-12(16)15(11)13(9)10/h8-11,13-14H,3-7H2,1-2H3/t9-,10-,11-,13?/m1/s1. The van der Waals surface area contributed by atoms with Crippen LogP contribution in [0.3, 0.4) is 0 Å². The first-order chi connectivity index (χ1) is 7.68. The van der Waals surface area contributed by atoms with Gasteiger partial charge in [0.1, 0.15) is 0 Å². The summed E-state index contributed by atoms with van der Waals surface area (Å²) in [5.74, 6) is 2.47. The normalized spacial score (nSPS) is 42.7. The van der Waals surface area contributed by atoms with Gasteiger partial charge in [0, 0.05) is 25.0 Å². The van der Waals surface area contributed by atoms with Crippen LogP contribution in [0, 0.1) is 17.8 Å². The second-order valence-corrected chi connectivity index (χ2v) is 6.06. The molecule has 16 heavy (non-hydrogen) atoms. The summed E-state index contributed by atoms with van der Waals surface area (Å²) in [6, 6.07) is 1.07. The SMILES string of the molecule is CC(C)[C@H]1C[C@@H]2CNC[C@H]3CCC(=O)N1C32. The highest BCUT2D eigenvalue weighted by atomic mass is 16.2. The molecule has 1 unspecified atom stereocenters. The van der Waals surface area contributed by atoms with E-state index >= 15 is 0 Å². The van der Waals surface area contributed by atoms with E-state index in [2.05, 4.69) is 24.1 Å². The number of nitrogens with zero attached hydrogens (tertiary/aromatic N) is 1. The summed E-state index contributed by atoms with van der Waals surface area (Å²) in [5.41, 5.74) is 0. The smallest absolute Gasteiger partial charge is 0.223 e. The van der Waals surface area contributed by atoms with Crippen molar-refractivity contribution in [1.29, 1.82) is 0 Å². The number of piperidine rings is 2. The van der Waals surface area contributed by atoms with Crippen molar-refractivity contribution in [3.63, 3.8) is 0 Å². The molecule has 3 fully saturated rings. The zero-order chi connectivity index (χ0) is 11.3. The highest BCUT2D eigenvalue weighted by Gasteiger charge is 2.51. The lowest BCUT2D eigenvalue weighted by atomic mass is 9.80. The van der Waals surface area contributed by atoms with Crippen molar-refractivity contribution in [2.45, 2.75) is 45.2 Å². The number of carbonyl (C=O) groups excluding carboxylic acids is 1. The minimum absolute atomic E-state index is 0.421. The molecular formula is C13H22N2O. The van der Waals surface area contributed by atoms with Crippen LogP contribution in [0.2, 0.25) is 0 Å². The van der Waals surface area contributed by atoms with Crippen LogP contribution in [-0.2, 0) is 4.79 Å². The maximum Gasteiger partial charge on any atom is 0.223 e. The van der Waals surface area contributed by atoms with Crippen molar-refractivity contribution in [3.8, 4) is 0 Å². The lowest BCUT2D eigenvalue weighted by Crippen LogP contribution is -2.56. The Morgan fingerprint density at radius 1 is 1.31 bits per heavy atom. The molecule has 90 valence electrons. The minimum atomic E-state index is 0.421. The van der Waals surface area contributed by atoms with Crippen LogP contribution in [0.5, 0.6) is 0 Å². The summed E-state index contributed by atoms with van der Waals surface area (Å²) < 4.78 is 0. The molecule has 0 bridgehead atoms. The van der Waals surface area contributed by atoms with E-state index < -0.39 is 0 Å². The van der Waals surface area contributed by atoms with Crippen LogP contribution in [-0.4, -0.2) is 36.0 Å². The van der Waals surface area contributed by atoms with Crippen LogP contribution >= 0.6 is 0 Å². The highest BCUT2D eigenvalue weighted by molar-refractivity contribution is 5.78. The summed E-state index contributed by atoms with van der Waals surface area (Å²) in [5, 5.41) is 3.55. The number of carbonyl (C=O) groups is 1. The van der Waals surface area contributed by atoms with Crippen LogP contribution < -0.4 is 5.32 Å². The van der Waals surface area contributed by atoms with E-state index in [1.807, 2.05) is 0 Å². The molecular weight excluding hydrogens is 200 g/mol. The van der Waals surface area contributed by atoms with Crippen molar-refractivity contribution in [2.75, 3.05) is 13.1 Å². The predicted octanol–water partition coefficient (Wildman–Crippen LogP) is 1.24. The van der Waals surface area contributed by atoms with Crippen LogP contribution in [0.25, 0.3) is 0 Å². The Bertz CT molecular complexity index is 302. The lowest BCUT2D eigenvalue weighted by molar-refractivity contribution is -0.141. The molecule has 4 atom stereocenters. The van der Waals surface area contributed by atoms with E-state index in [-0.39, 0.29) is 0 Å². The fraction of sp³-hybridized carbons (Fsp3) is 0.923. The number of nitrogens with one attached hydrogen (secondary N) is 1. The van der Waals surface area contributed by atoms with Gasteiger partial charge in [-0.25, -0.2) is 0 Å². The van der Waals surface area contributed by atoms with E-state index in [4.69, 9.17) is 0 Å². The Labute approximate surface area is 97.6 Å². The van der Waals surface area contributed by atoms with E-state index in [1.165, 1.54) is 6.42 Å². The first-order valence-corrected chi connectivity index (χ1v) is 6.70. The van der Waals surface area contributed by atoms with Crippen molar-refractivity contribution in [3.05, 3.63) is 0 Å². The van der Waals surface area contributed by atoms with Crippen LogP contribution in [0.1, 0.15) is 33.1 Å². The van der Waals surface area contributed by atoms with Gasteiger partial charge in [0.05, 0.1) is 0 Å². The van der Waals surface area contributed by atoms with Crippen molar-refractivity contribution in [1.82, 2.24) is 10.2 Å². The molecule has 0 aromatic carbocycles. The largest absolute Gasteiger partial charge is 0.336 e. The quantitative estimate of drug-likeness (QED) is 0.724. The van der Waals surface area contributed by atoms with Crippen LogP contribution in [0.4, 0.5) is 0 Å². The second-order valence-electron chi connectivity index (χ2n) is 6.06. The van der Waals surface area contributed by atoms with E-state index in [0.717, 1.165) is 37.8 Å². The van der Waals surface area contributed by atoms with Gasteiger partial charge in [-0.3, -0.25) is 4.79 Å². The average molecular weight is 222 g/mol. The van der Waals surface area contributed by atoms with E-state index in [9.17, 15) is 4.79 Å². The minimum Gasteiger partial charge on any atom is -0.336 e. The summed E-state index contributed by atoms with van der Waals surface area (Å²) in [4.78, 5) is 14.4. The van der Waals surface area contributed by atoms with Crippen molar-refractivity contribution < 1.29 is 4.79 Å². The number of amides is 1. The van der Waals surface area contributed by atoms with Gasteiger partial charge in [0.25, 0.3) is 0 Å². The van der Waals surface area contributed by atoms with Gasteiger partial charge in [-0.2, -0.15) is 0 Å². The van der Waals surface area contributed by atoms with Crippen molar-refractivity contribution >= 4 is 5.91 Å². The molecule has 1 N–H and O–H groups in total. The molecule has 0 spiro atoms. The molecule has 3 nitrogen and oxygen atoms in total. The summed E-state index contributed by atoms with van der Waals surface area (Å²) >= 11 is 0. The fourth-order valence-corrected chi connectivity index (χ4v) is 4.06. The predicted molar refractivity (Wildman–Crippen MR) is 63.0 cm³/mol. The third kappa shape index (κ3) is 1.41. The molecule has 3 saturated heterocycles. The lowest BCUT2D eigenvalue weighted by Gasteiger charge is -2.44. The molecule has 0 aromatic rings. The van der Waals surface area contributed by atoms with E-state index in [0.29, 0.717) is 23.9 Å². The molecule has 0 radical (unpaired) electrons. The zero-order valence-corrected chi connectivity index (χ0v) is 10.3. The second kappa shape index (κ2) is 3.73. The molecule has 3 rings (SSSR count). The molecule has 3 heterocycles. The summed E-state index contributed by atoms with van der Waals surface area (Å²) in [6.07, 6.45) is 3.10. The molecule has 3 heteroatoms. The first-order valence-electron chi connectivity index (χ1n) is 6.70. The van der Waals surface area contributed by atoms with Gasteiger partial charge in [0.15, 0.2) is 0 Å². The van der Waals surface area contributed by atoms with Gasteiger partial charge in [0.2, 0.25) is 5.91 Å². The highest BCUT2D eigenvalue weighted by Crippen LogP contribution is 2.43. The monoisotopic (exact) mass is 222 g/mol. The Kier molecular flexibility index (Phi) is 2.46. The van der Waals surface area contributed by atoms with Gasteiger partial charge in [-0.1, -0.05) is 13.8 Å². The van der Waals surface area contributed by atoms with Crippen LogP contribution in [0.15, 0.2) is 0 Å². The fourth-order valence-electron chi connectivity index (χ4n) is 4.06. The molecule has 0 aliphatic carbocycles. The van der Waals surface area contributed by atoms with Gasteiger partial charge >= 0.3 is 0 Å². The Hall–Kier alpha value is -0.570. The molecule has 1 amide bonds. The molecule has 3 aliphatic rings. The summed E-state index contributed by atoms with van der Waals surface area (Å²) in [6.45, 7) is 6.75. The van der Waals surface area contributed by atoms with E-state index in [1.54, 1.807) is 0 Å². The number of rotatable bonds is 1. The van der Waals surface area contributed by atoms with Gasteiger partial charge < -0.3 is 10.2 Å². The molecule has 3 aliphatic heterocycles. The first kappa shape index (κ1) is 10.6. The average Bonchev–Trinajstić information content (AvgIpc) is 2.65. The van der Waals surface area contributed by atoms with Gasteiger partial charge in [-0.15, -0.1) is 0 Å². The Balaban J connectivity index is 1.91. The molecule has 0 saturated carbocycles. The Morgan fingerprint density at radius 2 is 2.06 bits per heavy atom.